The van der Waals surface area contributed by atoms with Crippen molar-refractivity contribution in [3.05, 3.63) is 22.4 Å². The highest BCUT2D eigenvalue weighted by atomic mass is 32.1. The number of imide groups is 1. The first kappa shape index (κ1) is 16.1. The molecule has 0 aromatic carbocycles. The number of hydrogen-bond donors (Lipinski definition) is 1. The van der Waals surface area contributed by atoms with Crippen LogP contribution in [0.2, 0.25) is 0 Å². The lowest BCUT2D eigenvalue weighted by Gasteiger charge is -2.28. The summed E-state index contributed by atoms with van der Waals surface area (Å²) in [4.78, 5) is 40.2. The minimum absolute atomic E-state index is 0.207. The van der Waals surface area contributed by atoms with E-state index in [-0.39, 0.29) is 24.5 Å². The Bertz CT molecular complexity index is 645. The van der Waals surface area contributed by atoms with E-state index >= 15 is 0 Å². The van der Waals surface area contributed by atoms with Gasteiger partial charge >= 0.3 is 5.97 Å². The van der Waals surface area contributed by atoms with E-state index in [1.807, 2.05) is 17.5 Å². The molecule has 1 aromatic heterocycles. The van der Waals surface area contributed by atoms with Crippen LogP contribution in [0.25, 0.3) is 0 Å². The second kappa shape index (κ2) is 5.72. The fourth-order valence-electron chi connectivity index (χ4n) is 3.69. The lowest BCUT2D eigenvalue weighted by Crippen LogP contribution is -2.54. The maximum atomic E-state index is 12.7. The van der Waals surface area contributed by atoms with Crippen LogP contribution in [0, 0.1) is 11.8 Å². The summed E-state index contributed by atoms with van der Waals surface area (Å²) in [6, 6.07) is 3.47. The molecule has 1 N–H and O–H groups in total. The van der Waals surface area contributed by atoms with Crippen LogP contribution in [0.3, 0.4) is 0 Å². The number of carbonyl (C=O) groups excluding carboxylic acids is 3. The Morgan fingerprint density at radius 1 is 1.39 bits per heavy atom. The molecule has 0 radical (unpaired) electrons. The smallest absolute Gasteiger partial charge is 0.326 e. The molecule has 0 bridgehead atoms. The van der Waals surface area contributed by atoms with Crippen LogP contribution in [0.4, 0.5) is 0 Å². The van der Waals surface area contributed by atoms with Gasteiger partial charge < -0.3 is 4.74 Å². The Morgan fingerprint density at radius 2 is 2.13 bits per heavy atom. The summed E-state index contributed by atoms with van der Waals surface area (Å²) < 4.78 is 5.18. The van der Waals surface area contributed by atoms with Crippen molar-refractivity contribution in [1.29, 1.82) is 0 Å². The van der Waals surface area contributed by atoms with E-state index < -0.39 is 23.3 Å². The van der Waals surface area contributed by atoms with E-state index in [2.05, 4.69) is 5.32 Å². The zero-order chi connectivity index (χ0) is 16.8. The number of hydrogen-bond acceptors (Lipinski definition) is 6. The third kappa shape index (κ3) is 2.21. The SMILES string of the molecule is CCOC(=O)[C@]1(C)N[C@@H](c2cccs2)[C@H]2C(=O)N(CC)C(=O)[C@H]21. The molecule has 2 aliphatic heterocycles. The molecule has 23 heavy (non-hydrogen) atoms. The Balaban J connectivity index is 2.06. The van der Waals surface area contributed by atoms with E-state index in [0.717, 1.165) is 4.88 Å². The number of carbonyl (C=O) groups is 3. The van der Waals surface area contributed by atoms with E-state index in [0.29, 0.717) is 6.54 Å². The van der Waals surface area contributed by atoms with Gasteiger partial charge in [-0.3, -0.25) is 24.6 Å². The van der Waals surface area contributed by atoms with Gasteiger partial charge in [0.1, 0.15) is 5.54 Å². The average Bonchev–Trinajstić information content (AvgIpc) is 3.18. The van der Waals surface area contributed by atoms with Gasteiger partial charge in [-0.15, -0.1) is 11.3 Å². The molecule has 0 aliphatic carbocycles. The summed E-state index contributed by atoms with van der Waals surface area (Å²) in [5, 5.41) is 5.15. The van der Waals surface area contributed by atoms with Crippen LogP contribution in [0.1, 0.15) is 31.7 Å². The number of fused-ring (bicyclic) bond motifs is 1. The van der Waals surface area contributed by atoms with Crippen molar-refractivity contribution in [2.75, 3.05) is 13.2 Å². The lowest BCUT2D eigenvalue weighted by atomic mass is 9.81. The molecule has 2 aliphatic rings. The average molecular weight is 336 g/mol. The standard InChI is InChI=1S/C16H20N2O4S/c1-4-18-13(19)10-11(14(18)20)16(3,15(21)22-5-2)17-12(10)9-7-6-8-23-9/h6-8,10-12,17H,4-5H2,1-3H3/t10-,11-,12-,16+/m0/s1. The number of likely N-dealkylation sites (tertiary alicyclic amines) is 1. The van der Waals surface area contributed by atoms with Gasteiger partial charge in [0.2, 0.25) is 11.8 Å². The Morgan fingerprint density at radius 3 is 2.70 bits per heavy atom. The Labute approximate surface area is 138 Å². The van der Waals surface area contributed by atoms with Gasteiger partial charge in [-0.2, -0.15) is 0 Å². The van der Waals surface area contributed by atoms with Crippen LogP contribution in [-0.2, 0) is 19.1 Å². The van der Waals surface area contributed by atoms with E-state index in [1.165, 1.54) is 16.2 Å². The Kier molecular flexibility index (Phi) is 4.01. The summed E-state index contributed by atoms with van der Waals surface area (Å²) in [5.41, 5.74) is -1.19. The van der Waals surface area contributed by atoms with E-state index in [9.17, 15) is 14.4 Å². The van der Waals surface area contributed by atoms with E-state index in [1.54, 1.807) is 20.8 Å². The molecule has 2 fully saturated rings. The molecule has 0 saturated carbocycles. The highest BCUT2D eigenvalue weighted by molar-refractivity contribution is 7.10. The number of thiophene rings is 1. The number of ether oxygens (including phenoxy) is 1. The van der Waals surface area contributed by atoms with Gasteiger partial charge in [0, 0.05) is 11.4 Å². The lowest BCUT2D eigenvalue weighted by molar-refractivity contribution is -0.155. The van der Waals surface area contributed by atoms with Crippen molar-refractivity contribution >= 4 is 29.1 Å². The highest BCUT2D eigenvalue weighted by Gasteiger charge is 2.66. The molecule has 0 spiro atoms. The normalized spacial score (nSPS) is 33.2. The van der Waals surface area contributed by atoms with Crippen LogP contribution in [-0.4, -0.2) is 41.4 Å². The van der Waals surface area contributed by atoms with E-state index in [4.69, 9.17) is 4.74 Å². The van der Waals surface area contributed by atoms with Gasteiger partial charge in [0.25, 0.3) is 0 Å². The number of amides is 2. The quantitative estimate of drug-likeness (QED) is 0.663. The molecule has 1 aromatic rings. The van der Waals surface area contributed by atoms with Gasteiger partial charge in [0.05, 0.1) is 24.5 Å². The van der Waals surface area contributed by atoms with Crippen molar-refractivity contribution in [2.45, 2.75) is 32.4 Å². The van der Waals surface area contributed by atoms with Crippen molar-refractivity contribution in [3.8, 4) is 0 Å². The number of nitrogens with zero attached hydrogens (tertiary/aromatic N) is 1. The van der Waals surface area contributed by atoms with Crippen molar-refractivity contribution < 1.29 is 19.1 Å². The number of esters is 1. The van der Waals surface area contributed by atoms with Gasteiger partial charge in [0.15, 0.2) is 0 Å². The maximum Gasteiger partial charge on any atom is 0.326 e. The molecular formula is C16H20N2O4S. The van der Waals surface area contributed by atoms with Crippen LogP contribution in [0.5, 0.6) is 0 Å². The molecule has 7 heteroatoms. The first-order valence-electron chi connectivity index (χ1n) is 7.79. The van der Waals surface area contributed by atoms with Gasteiger partial charge in [-0.05, 0) is 32.2 Å². The predicted molar refractivity (Wildman–Crippen MR) is 84.6 cm³/mol. The predicted octanol–water partition coefficient (Wildman–Crippen LogP) is 1.34. The molecular weight excluding hydrogens is 316 g/mol. The summed E-state index contributed by atoms with van der Waals surface area (Å²) in [7, 11) is 0. The summed E-state index contributed by atoms with van der Waals surface area (Å²) in [5.74, 6) is -2.25. The maximum absolute atomic E-state index is 12.7. The minimum atomic E-state index is -1.19. The van der Waals surface area contributed by atoms with Crippen molar-refractivity contribution in [1.82, 2.24) is 10.2 Å². The third-order valence-corrected chi connectivity index (χ3v) is 5.70. The second-order valence-electron chi connectivity index (χ2n) is 5.98. The molecule has 4 atom stereocenters. The highest BCUT2D eigenvalue weighted by Crippen LogP contribution is 2.49. The van der Waals surface area contributed by atoms with Crippen LogP contribution >= 0.6 is 11.3 Å². The van der Waals surface area contributed by atoms with Gasteiger partial charge in [-0.25, -0.2) is 0 Å². The fourth-order valence-corrected chi connectivity index (χ4v) is 4.51. The first-order chi connectivity index (χ1) is 11.0. The van der Waals surface area contributed by atoms with Gasteiger partial charge in [-0.1, -0.05) is 6.07 Å². The third-order valence-electron chi connectivity index (χ3n) is 4.74. The molecule has 3 heterocycles. The topological polar surface area (TPSA) is 75.7 Å². The zero-order valence-corrected chi connectivity index (χ0v) is 14.2. The fraction of sp³-hybridized carbons (Fsp3) is 0.562. The molecule has 3 rings (SSSR count). The minimum Gasteiger partial charge on any atom is -0.465 e. The largest absolute Gasteiger partial charge is 0.465 e. The molecule has 124 valence electrons. The molecule has 2 amide bonds. The molecule has 0 unspecified atom stereocenters. The first-order valence-corrected chi connectivity index (χ1v) is 8.67. The van der Waals surface area contributed by atoms with Crippen molar-refractivity contribution in [2.24, 2.45) is 11.8 Å². The monoisotopic (exact) mass is 336 g/mol. The summed E-state index contributed by atoms with van der Waals surface area (Å²) in [6.07, 6.45) is 0. The molecule has 6 nitrogen and oxygen atoms in total. The summed E-state index contributed by atoms with van der Waals surface area (Å²) in [6.45, 7) is 5.72. The second-order valence-corrected chi connectivity index (χ2v) is 6.96. The zero-order valence-electron chi connectivity index (χ0n) is 13.4. The van der Waals surface area contributed by atoms with Crippen LogP contribution < -0.4 is 5.32 Å². The van der Waals surface area contributed by atoms with Crippen molar-refractivity contribution in [3.63, 3.8) is 0 Å². The van der Waals surface area contributed by atoms with Crippen LogP contribution in [0.15, 0.2) is 17.5 Å². The molecule has 2 saturated heterocycles. The summed E-state index contributed by atoms with van der Waals surface area (Å²) >= 11 is 1.51. The Hall–Kier alpha value is -1.73. The number of nitrogens with one attached hydrogen (secondary N) is 1. The number of rotatable bonds is 4.